The third-order valence-corrected chi connectivity index (χ3v) is 3.70. The molecular formula is C14H23N3O2. The van der Waals surface area contributed by atoms with Crippen molar-refractivity contribution in [1.29, 1.82) is 5.26 Å². The summed E-state index contributed by atoms with van der Waals surface area (Å²) in [6, 6.07) is 2.27. The van der Waals surface area contributed by atoms with Gasteiger partial charge < -0.3 is 10.6 Å². The molecule has 1 aliphatic carbocycles. The number of nitriles is 1. The molecule has 0 bridgehead atoms. The zero-order valence-corrected chi connectivity index (χ0v) is 12.0. The highest BCUT2D eigenvalue weighted by Gasteiger charge is 2.48. The smallest absolute Gasteiger partial charge is 0.240 e. The Morgan fingerprint density at radius 2 is 2.11 bits per heavy atom. The highest BCUT2D eigenvalue weighted by atomic mass is 16.2. The van der Waals surface area contributed by atoms with E-state index >= 15 is 0 Å². The molecule has 0 aromatic heterocycles. The van der Waals surface area contributed by atoms with Crippen molar-refractivity contribution in [1.82, 2.24) is 10.6 Å². The van der Waals surface area contributed by atoms with E-state index in [4.69, 9.17) is 5.26 Å². The molecule has 1 fully saturated rings. The first kappa shape index (κ1) is 15.5. The molecule has 2 N–H and O–H groups in total. The first-order valence-electron chi connectivity index (χ1n) is 6.92. The zero-order chi connectivity index (χ0) is 14.5. The molecule has 5 nitrogen and oxygen atoms in total. The number of carbonyl (C=O) groups is 2. The second-order valence-electron chi connectivity index (χ2n) is 5.59. The third kappa shape index (κ3) is 3.95. The standard InChI is InChI=1S/C14H23N3O2/c1-4-11(3)17-12(18)5-6-16-13(19)14(9-15)7-10(2)8-14/h10-11H,4-8H2,1-3H3,(H,16,19)(H,17,18). The molecule has 1 saturated carbocycles. The normalized spacial score (nSPS) is 26.7. The van der Waals surface area contributed by atoms with Gasteiger partial charge in [0, 0.05) is 19.0 Å². The lowest BCUT2D eigenvalue weighted by molar-refractivity contribution is -0.134. The molecule has 0 aromatic rings. The summed E-state index contributed by atoms with van der Waals surface area (Å²) in [7, 11) is 0. The largest absolute Gasteiger partial charge is 0.354 e. The van der Waals surface area contributed by atoms with Crippen molar-refractivity contribution in [2.45, 2.75) is 52.5 Å². The zero-order valence-electron chi connectivity index (χ0n) is 12.0. The van der Waals surface area contributed by atoms with Gasteiger partial charge in [0.05, 0.1) is 6.07 Å². The lowest BCUT2D eigenvalue weighted by atomic mass is 9.63. The van der Waals surface area contributed by atoms with Crippen LogP contribution in [0.1, 0.15) is 46.5 Å². The molecule has 0 saturated heterocycles. The van der Waals surface area contributed by atoms with Crippen LogP contribution in [0.2, 0.25) is 0 Å². The van der Waals surface area contributed by atoms with Gasteiger partial charge in [0.2, 0.25) is 11.8 Å². The summed E-state index contributed by atoms with van der Waals surface area (Å²) >= 11 is 0. The molecule has 2 amide bonds. The van der Waals surface area contributed by atoms with Crippen molar-refractivity contribution >= 4 is 11.8 Å². The van der Waals surface area contributed by atoms with Gasteiger partial charge in [0.25, 0.3) is 0 Å². The van der Waals surface area contributed by atoms with Crippen LogP contribution in [0.15, 0.2) is 0 Å². The number of nitrogens with zero attached hydrogens (tertiary/aromatic N) is 1. The minimum Gasteiger partial charge on any atom is -0.354 e. The first-order chi connectivity index (χ1) is 8.93. The predicted octanol–water partition coefficient (Wildman–Crippen LogP) is 1.35. The van der Waals surface area contributed by atoms with E-state index in [1.54, 1.807) is 0 Å². The Balaban J connectivity index is 2.28. The van der Waals surface area contributed by atoms with E-state index in [1.165, 1.54) is 0 Å². The van der Waals surface area contributed by atoms with E-state index in [9.17, 15) is 9.59 Å². The number of hydrogen-bond donors (Lipinski definition) is 2. The maximum atomic E-state index is 11.9. The maximum Gasteiger partial charge on any atom is 0.240 e. The fourth-order valence-electron chi connectivity index (χ4n) is 2.37. The Kier molecular flexibility index (Phi) is 5.34. The summed E-state index contributed by atoms with van der Waals surface area (Å²) in [4.78, 5) is 23.4. The van der Waals surface area contributed by atoms with Crippen molar-refractivity contribution in [3.8, 4) is 6.07 Å². The van der Waals surface area contributed by atoms with Crippen LogP contribution in [0.25, 0.3) is 0 Å². The van der Waals surface area contributed by atoms with Gasteiger partial charge in [0.15, 0.2) is 0 Å². The van der Waals surface area contributed by atoms with Crippen LogP contribution in [-0.2, 0) is 9.59 Å². The maximum absolute atomic E-state index is 11.9. The molecule has 1 unspecified atom stereocenters. The first-order valence-corrected chi connectivity index (χ1v) is 6.92. The fraction of sp³-hybridized carbons (Fsp3) is 0.786. The molecule has 106 valence electrons. The Labute approximate surface area is 114 Å². The van der Waals surface area contributed by atoms with E-state index in [-0.39, 0.29) is 24.3 Å². The van der Waals surface area contributed by atoms with Crippen LogP contribution in [0.5, 0.6) is 0 Å². The summed E-state index contributed by atoms with van der Waals surface area (Å²) in [5.41, 5.74) is -0.855. The van der Waals surface area contributed by atoms with Gasteiger partial charge in [0.1, 0.15) is 5.41 Å². The molecule has 1 rings (SSSR count). The van der Waals surface area contributed by atoms with Gasteiger partial charge in [-0.25, -0.2) is 0 Å². The molecule has 1 atom stereocenters. The summed E-state index contributed by atoms with van der Waals surface area (Å²) < 4.78 is 0. The van der Waals surface area contributed by atoms with Crippen LogP contribution >= 0.6 is 0 Å². The average molecular weight is 265 g/mol. The Morgan fingerprint density at radius 1 is 1.47 bits per heavy atom. The van der Waals surface area contributed by atoms with Crippen molar-refractivity contribution in [3.63, 3.8) is 0 Å². The summed E-state index contributed by atoms with van der Waals surface area (Å²) in [6.45, 7) is 6.26. The second-order valence-corrected chi connectivity index (χ2v) is 5.59. The van der Waals surface area contributed by atoms with E-state index in [2.05, 4.69) is 16.7 Å². The number of hydrogen-bond acceptors (Lipinski definition) is 3. The van der Waals surface area contributed by atoms with Gasteiger partial charge in [-0.3, -0.25) is 9.59 Å². The Morgan fingerprint density at radius 3 is 2.58 bits per heavy atom. The molecule has 0 aliphatic heterocycles. The number of nitrogens with one attached hydrogen (secondary N) is 2. The fourth-order valence-corrected chi connectivity index (χ4v) is 2.37. The summed E-state index contributed by atoms with van der Waals surface area (Å²) in [5.74, 6) is 0.131. The molecule has 0 spiro atoms. The Hall–Kier alpha value is -1.57. The van der Waals surface area contributed by atoms with E-state index in [0.29, 0.717) is 25.3 Å². The molecule has 0 radical (unpaired) electrons. The third-order valence-electron chi connectivity index (χ3n) is 3.70. The second kappa shape index (κ2) is 6.55. The van der Waals surface area contributed by atoms with Gasteiger partial charge in [-0.15, -0.1) is 0 Å². The van der Waals surface area contributed by atoms with E-state index in [1.807, 2.05) is 20.8 Å². The minimum absolute atomic E-state index is 0.0670. The van der Waals surface area contributed by atoms with Crippen LogP contribution in [0.4, 0.5) is 0 Å². The van der Waals surface area contributed by atoms with Crippen LogP contribution in [-0.4, -0.2) is 24.4 Å². The van der Waals surface area contributed by atoms with E-state index in [0.717, 1.165) is 6.42 Å². The number of carbonyl (C=O) groups excluding carboxylic acids is 2. The molecular weight excluding hydrogens is 242 g/mol. The van der Waals surface area contributed by atoms with Crippen molar-refractivity contribution in [3.05, 3.63) is 0 Å². The topological polar surface area (TPSA) is 82.0 Å². The molecule has 19 heavy (non-hydrogen) atoms. The van der Waals surface area contributed by atoms with Crippen molar-refractivity contribution in [2.24, 2.45) is 11.3 Å². The van der Waals surface area contributed by atoms with Gasteiger partial charge >= 0.3 is 0 Å². The highest BCUT2D eigenvalue weighted by molar-refractivity contribution is 5.87. The number of rotatable bonds is 6. The Bertz CT molecular complexity index is 381. The number of amides is 2. The molecule has 1 aliphatic rings. The SMILES string of the molecule is CCC(C)NC(=O)CCNC(=O)C1(C#N)CC(C)C1. The molecule has 5 heteroatoms. The van der Waals surface area contributed by atoms with Crippen molar-refractivity contribution in [2.75, 3.05) is 6.54 Å². The van der Waals surface area contributed by atoms with Crippen LogP contribution in [0.3, 0.4) is 0 Å². The quantitative estimate of drug-likeness (QED) is 0.760. The lowest BCUT2D eigenvalue weighted by Gasteiger charge is -2.39. The molecule has 0 heterocycles. The monoisotopic (exact) mass is 265 g/mol. The predicted molar refractivity (Wildman–Crippen MR) is 72.0 cm³/mol. The van der Waals surface area contributed by atoms with Gasteiger partial charge in [-0.1, -0.05) is 13.8 Å². The van der Waals surface area contributed by atoms with Crippen LogP contribution < -0.4 is 10.6 Å². The van der Waals surface area contributed by atoms with Crippen LogP contribution in [0, 0.1) is 22.7 Å². The summed E-state index contributed by atoms with van der Waals surface area (Å²) in [6.07, 6.45) is 2.38. The van der Waals surface area contributed by atoms with Crippen molar-refractivity contribution < 1.29 is 9.59 Å². The van der Waals surface area contributed by atoms with E-state index < -0.39 is 5.41 Å². The van der Waals surface area contributed by atoms with Gasteiger partial charge in [-0.05, 0) is 32.1 Å². The molecule has 0 aromatic carbocycles. The minimum atomic E-state index is -0.855. The highest BCUT2D eigenvalue weighted by Crippen LogP contribution is 2.44. The average Bonchev–Trinajstić information content (AvgIpc) is 2.34. The summed E-state index contributed by atoms with van der Waals surface area (Å²) in [5, 5.41) is 14.6. The lowest BCUT2D eigenvalue weighted by Crippen LogP contribution is -2.48. The van der Waals surface area contributed by atoms with Gasteiger partial charge in [-0.2, -0.15) is 5.26 Å².